The second kappa shape index (κ2) is 5.18. The highest BCUT2D eigenvalue weighted by Crippen LogP contribution is 2.27. The highest BCUT2D eigenvalue weighted by atomic mass is 16.3. The first-order valence-corrected chi connectivity index (χ1v) is 5.07. The molecule has 1 aliphatic carbocycles. The second-order valence-electron chi connectivity index (χ2n) is 3.80. The van der Waals surface area contributed by atoms with Crippen LogP contribution in [0.3, 0.4) is 0 Å². The average molecular weight is 182 g/mol. The molecular weight excluding hydrogens is 164 g/mol. The van der Waals surface area contributed by atoms with Crippen LogP contribution in [0.1, 0.15) is 38.5 Å². The van der Waals surface area contributed by atoms with Gasteiger partial charge in [-0.1, -0.05) is 25.3 Å². The molecule has 1 aliphatic rings. The lowest BCUT2D eigenvalue weighted by molar-refractivity contribution is -0.129. The van der Waals surface area contributed by atoms with Crippen molar-refractivity contribution in [1.82, 2.24) is 0 Å². The van der Waals surface area contributed by atoms with Crippen LogP contribution in [0.5, 0.6) is 0 Å². The Morgan fingerprint density at radius 3 is 2.62 bits per heavy atom. The van der Waals surface area contributed by atoms with Crippen LogP contribution in [0.25, 0.3) is 0 Å². The zero-order valence-corrected chi connectivity index (χ0v) is 8.04. The minimum atomic E-state index is -0.738. The number of hydrogen-bond acceptors (Lipinski definition) is 2. The van der Waals surface area contributed by atoms with Crippen molar-refractivity contribution in [3.8, 4) is 0 Å². The van der Waals surface area contributed by atoms with E-state index in [9.17, 15) is 9.90 Å². The van der Waals surface area contributed by atoms with Crippen LogP contribution in [0, 0.1) is 5.92 Å². The van der Waals surface area contributed by atoms with Crippen molar-refractivity contribution in [2.24, 2.45) is 5.92 Å². The summed E-state index contributed by atoms with van der Waals surface area (Å²) in [4.78, 5) is 11.3. The number of ketones is 1. The quantitative estimate of drug-likeness (QED) is 0.676. The molecule has 2 nitrogen and oxygen atoms in total. The summed E-state index contributed by atoms with van der Waals surface area (Å²) in [6.07, 6.45) is 6.70. The highest BCUT2D eigenvalue weighted by Gasteiger charge is 2.26. The van der Waals surface area contributed by atoms with E-state index < -0.39 is 6.10 Å². The maximum absolute atomic E-state index is 11.3. The van der Waals surface area contributed by atoms with E-state index in [1.54, 1.807) is 6.08 Å². The second-order valence-corrected chi connectivity index (χ2v) is 3.80. The van der Waals surface area contributed by atoms with Crippen molar-refractivity contribution < 1.29 is 9.90 Å². The Hall–Kier alpha value is -0.630. The van der Waals surface area contributed by atoms with Crippen LogP contribution in [-0.4, -0.2) is 17.0 Å². The fraction of sp³-hybridized carbons (Fsp3) is 0.727. The molecule has 1 N–H and O–H groups in total. The van der Waals surface area contributed by atoms with Gasteiger partial charge in [-0.2, -0.15) is 0 Å². The summed E-state index contributed by atoms with van der Waals surface area (Å²) in [6.45, 7) is 3.50. The average Bonchev–Trinajstić information content (AvgIpc) is 2.18. The van der Waals surface area contributed by atoms with Gasteiger partial charge < -0.3 is 5.11 Å². The maximum atomic E-state index is 11.3. The summed E-state index contributed by atoms with van der Waals surface area (Å²) in [6, 6.07) is 0. The lowest BCUT2D eigenvalue weighted by Crippen LogP contribution is -2.30. The van der Waals surface area contributed by atoms with Crippen molar-refractivity contribution in [2.75, 3.05) is 0 Å². The molecule has 0 spiro atoms. The first-order valence-electron chi connectivity index (χ1n) is 5.07. The van der Waals surface area contributed by atoms with Gasteiger partial charge in [0.25, 0.3) is 0 Å². The van der Waals surface area contributed by atoms with E-state index in [1.807, 2.05) is 0 Å². The largest absolute Gasteiger partial charge is 0.385 e. The molecule has 0 saturated heterocycles. The lowest BCUT2D eigenvalue weighted by atomic mass is 9.83. The zero-order valence-electron chi connectivity index (χ0n) is 8.04. The Bertz CT molecular complexity index is 181. The van der Waals surface area contributed by atoms with Crippen molar-refractivity contribution in [3.05, 3.63) is 12.7 Å². The van der Waals surface area contributed by atoms with Gasteiger partial charge in [0.05, 0.1) is 0 Å². The molecule has 1 fully saturated rings. The fourth-order valence-corrected chi connectivity index (χ4v) is 1.98. The van der Waals surface area contributed by atoms with E-state index in [0.717, 1.165) is 25.7 Å². The summed E-state index contributed by atoms with van der Waals surface area (Å²) >= 11 is 0. The number of carbonyl (C=O) groups is 1. The predicted molar refractivity (Wildman–Crippen MR) is 52.4 cm³/mol. The van der Waals surface area contributed by atoms with Gasteiger partial charge in [-0.05, 0) is 18.8 Å². The predicted octanol–water partition coefficient (Wildman–Crippen LogP) is 2.07. The van der Waals surface area contributed by atoms with E-state index in [0.29, 0.717) is 6.42 Å². The Morgan fingerprint density at radius 2 is 2.08 bits per heavy atom. The SMILES string of the molecule is C=CCC(=O)[C@@H](O)C1CCCCC1. The van der Waals surface area contributed by atoms with Crippen LogP contribution in [-0.2, 0) is 4.79 Å². The van der Waals surface area contributed by atoms with Gasteiger partial charge in [0, 0.05) is 6.42 Å². The highest BCUT2D eigenvalue weighted by molar-refractivity contribution is 5.84. The van der Waals surface area contributed by atoms with Gasteiger partial charge in [-0.15, -0.1) is 6.58 Å². The standard InChI is InChI=1S/C11H18O2/c1-2-6-10(12)11(13)9-7-4-3-5-8-9/h2,9,11,13H,1,3-8H2/t11-/m0/s1. The summed E-state index contributed by atoms with van der Waals surface area (Å²) < 4.78 is 0. The van der Waals surface area contributed by atoms with E-state index in [1.165, 1.54) is 6.42 Å². The van der Waals surface area contributed by atoms with Crippen molar-refractivity contribution >= 4 is 5.78 Å². The third-order valence-electron chi connectivity index (χ3n) is 2.77. The van der Waals surface area contributed by atoms with E-state index in [2.05, 4.69) is 6.58 Å². The molecule has 1 atom stereocenters. The van der Waals surface area contributed by atoms with Gasteiger partial charge in [0.15, 0.2) is 5.78 Å². The van der Waals surface area contributed by atoms with Crippen molar-refractivity contribution in [2.45, 2.75) is 44.6 Å². The topological polar surface area (TPSA) is 37.3 Å². The van der Waals surface area contributed by atoms with Gasteiger partial charge in [-0.3, -0.25) is 4.79 Å². The fourth-order valence-electron chi connectivity index (χ4n) is 1.98. The number of hydrogen-bond donors (Lipinski definition) is 1. The third-order valence-corrected chi connectivity index (χ3v) is 2.77. The molecule has 1 saturated carbocycles. The van der Waals surface area contributed by atoms with Crippen LogP contribution >= 0.6 is 0 Å². The molecule has 0 unspecified atom stereocenters. The Labute approximate surface area is 79.6 Å². The molecule has 0 aromatic carbocycles. The zero-order chi connectivity index (χ0) is 9.68. The van der Waals surface area contributed by atoms with Gasteiger partial charge in [0.2, 0.25) is 0 Å². The summed E-state index contributed by atoms with van der Waals surface area (Å²) in [5.41, 5.74) is 0. The number of rotatable bonds is 4. The van der Waals surface area contributed by atoms with Crippen molar-refractivity contribution in [3.63, 3.8) is 0 Å². The molecule has 0 amide bonds. The van der Waals surface area contributed by atoms with Crippen LogP contribution < -0.4 is 0 Å². The Balaban J connectivity index is 2.39. The van der Waals surface area contributed by atoms with Crippen molar-refractivity contribution in [1.29, 1.82) is 0 Å². The number of aliphatic hydroxyl groups excluding tert-OH is 1. The van der Waals surface area contributed by atoms with Gasteiger partial charge in [0.1, 0.15) is 6.10 Å². The number of aliphatic hydroxyl groups is 1. The third kappa shape index (κ3) is 2.96. The number of allylic oxidation sites excluding steroid dienone is 1. The lowest BCUT2D eigenvalue weighted by Gasteiger charge is -2.25. The molecule has 2 heteroatoms. The molecule has 0 bridgehead atoms. The molecule has 0 heterocycles. The van der Waals surface area contributed by atoms with Crippen LogP contribution in [0.15, 0.2) is 12.7 Å². The normalized spacial score (nSPS) is 21.0. The molecule has 0 aromatic heterocycles. The number of carbonyl (C=O) groups excluding carboxylic acids is 1. The molecule has 13 heavy (non-hydrogen) atoms. The molecular formula is C11H18O2. The number of Topliss-reactive ketones (excluding diaryl/α,β-unsaturated/α-hetero) is 1. The summed E-state index contributed by atoms with van der Waals surface area (Å²) in [7, 11) is 0. The van der Waals surface area contributed by atoms with Crippen LogP contribution in [0.2, 0.25) is 0 Å². The van der Waals surface area contributed by atoms with E-state index in [-0.39, 0.29) is 11.7 Å². The summed E-state index contributed by atoms with van der Waals surface area (Å²) in [5.74, 6) is 0.142. The Kier molecular flexibility index (Phi) is 4.16. The molecule has 0 aromatic rings. The van der Waals surface area contributed by atoms with Crippen LogP contribution in [0.4, 0.5) is 0 Å². The van der Waals surface area contributed by atoms with Gasteiger partial charge in [-0.25, -0.2) is 0 Å². The van der Waals surface area contributed by atoms with Gasteiger partial charge >= 0.3 is 0 Å². The molecule has 0 aliphatic heterocycles. The first-order chi connectivity index (χ1) is 6.25. The minimum Gasteiger partial charge on any atom is -0.385 e. The molecule has 74 valence electrons. The summed E-state index contributed by atoms with van der Waals surface area (Å²) in [5, 5.41) is 9.68. The van der Waals surface area contributed by atoms with E-state index >= 15 is 0 Å². The smallest absolute Gasteiger partial charge is 0.165 e. The molecule has 0 radical (unpaired) electrons. The monoisotopic (exact) mass is 182 g/mol. The Morgan fingerprint density at radius 1 is 1.46 bits per heavy atom. The molecule has 1 rings (SSSR count). The maximum Gasteiger partial charge on any atom is 0.165 e. The first kappa shape index (κ1) is 10.5. The van der Waals surface area contributed by atoms with E-state index in [4.69, 9.17) is 0 Å². The minimum absolute atomic E-state index is 0.0677.